The van der Waals surface area contributed by atoms with Gasteiger partial charge in [-0.3, -0.25) is 9.59 Å². The molecule has 0 spiro atoms. The number of carbonyl (C=O) groups excluding carboxylic acids is 2. The summed E-state index contributed by atoms with van der Waals surface area (Å²) in [4.78, 5) is 23.5. The summed E-state index contributed by atoms with van der Waals surface area (Å²) in [5, 5.41) is 0. The molecule has 1 unspecified atom stereocenters. The van der Waals surface area contributed by atoms with Crippen molar-refractivity contribution < 1.29 is 9.59 Å². The molecule has 18 heavy (non-hydrogen) atoms. The van der Waals surface area contributed by atoms with Crippen LogP contribution in [0.3, 0.4) is 0 Å². The van der Waals surface area contributed by atoms with Gasteiger partial charge in [0, 0.05) is 18.7 Å². The summed E-state index contributed by atoms with van der Waals surface area (Å²) in [6.45, 7) is 0. The minimum Gasteiger partial charge on any atom is -0.299 e. The van der Waals surface area contributed by atoms with E-state index < -0.39 is 0 Å². The monoisotopic (exact) mass is 272 g/mol. The average molecular weight is 273 g/mol. The minimum absolute atomic E-state index is 0.188. The van der Waals surface area contributed by atoms with E-state index in [0.717, 1.165) is 44.4 Å². The predicted octanol–water partition coefficient (Wildman–Crippen LogP) is 4.28. The van der Waals surface area contributed by atoms with E-state index in [1.54, 1.807) is 0 Å². The predicted molar refractivity (Wildman–Crippen MR) is 75.0 cm³/mol. The van der Waals surface area contributed by atoms with E-state index in [9.17, 15) is 9.59 Å². The van der Waals surface area contributed by atoms with E-state index >= 15 is 0 Å². The molecule has 1 saturated carbocycles. The molecule has 0 saturated heterocycles. The van der Waals surface area contributed by atoms with Gasteiger partial charge in [-0.25, -0.2) is 0 Å². The first-order valence-electron chi connectivity index (χ1n) is 7.37. The van der Waals surface area contributed by atoms with E-state index in [-0.39, 0.29) is 17.5 Å². The molecular weight excluding hydrogens is 248 g/mol. The Kier molecular flexibility index (Phi) is 8.32. The average Bonchev–Trinajstić information content (AvgIpc) is 2.38. The van der Waals surface area contributed by atoms with E-state index in [2.05, 4.69) is 0 Å². The Hall–Kier alpha value is -0.370. The van der Waals surface area contributed by atoms with Gasteiger partial charge in [0.1, 0.15) is 11.6 Å². The molecule has 0 bridgehead atoms. The highest BCUT2D eigenvalue weighted by Gasteiger charge is 2.27. The molecule has 0 N–H and O–H groups in total. The lowest BCUT2D eigenvalue weighted by Crippen LogP contribution is -2.27. The van der Waals surface area contributed by atoms with Gasteiger partial charge < -0.3 is 0 Å². The largest absolute Gasteiger partial charge is 0.299 e. The van der Waals surface area contributed by atoms with Crippen LogP contribution in [-0.4, -0.2) is 17.4 Å². The lowest BCUT2D eigenvalue weighted by atomic mass is 9.83. The number of ketones is 2. The second-order valence-electron chi connectivity index (χ2n) is 5.29. The number of unbranched alkanes of at least 4 members (excludes halogenated alkanes) is 5. The van der Waals surface area contributed by atoms with Gasteiger partial charge in [-0.15, -0.1) is 11.6 Å². The molecular formula is C15H25ClO2. The molecule has 1 rings (SSSR count). The van der Waals surface area contributed by atoms with Crippen molar-refractivity contribution in [3.05, 3.63) is 0 Å². The van der Waals surface area contributed by atoms with Crippen molar-refractivity contribution >= 4 is 23.2 Å². The maximum absolute atomic E-state index is 11.9. The van der Waals surface area contributed by atoms with Gasteiger partial charge in [0.05, 0.1) is 5.92 Å². The summed E-state index contributed by atoms with van der Waals surface area (Å²) in [6, 6.07) is 0. The van der Waals surface area contributed by atoms with Crippen LogP contribution in [0, 0.1) is 5.92 Å². The third kappa shape index (κ3) is 5.99. The molecule has 0 radical (unpaired) electrons. The van der Waals surface area contributed by atoms with E-state index in [1.807, 2.05) is 0 Å². The highest BCUT2D eigenvalue weighted by atomic mass is 35.5. The van der Waals surface area contributed by atoms with Crippen LogP contribution in [0.5, 0.6) is 0 Å². The molecule has 0 heterocycles. The summed E-state index contributed by atoms with van der Waals surface area (Å²) in [5.74, 6) is 0.881. The Labute approximate surface area is 115 Å². The molecule has 2 nitrogen and oxygen atoms in total. The van der Waals surface area contributed by atoms with Crippen molar-refractivity contribution in [1.82, 2.24) is 0 Å². The number of rotatable bonds is 9. The molecule has 104 valence electrons. The van der Waals surface area contributed by atoms with Gasteiger partial charge in [-0.1, -0.05) is 32.1 Å². The molecule has 0 aromatic rings. The highest BCUT2D eigenvalue weighted by molar-refractivity contribution is 6.17. The van der Waals surface area contributed by atoms with Crippen LogP contribution in [0.2, 0.25) is 0 Å². The zero-order valence-corrected chi connectivity index (χ0v) is 12.0. The molecule has 1 aliphatic carbocycles. The molecule has 0 amide bonds. The SMILES string of the molecule is O=C(CCCCCCCCCl)C1CCCCC1=O. The van der Waals surface area contributed by atoms with Gasteiger partial charge >= 0.3 is 0 Å². The smallest absolute Gasteiger partial charge is 0.143 e. The lowest BCUT2D eigenvalue weighted by Gasteiger charge is -2.18. The van der Waals surface area contributed by atoms with Crippen molar-refractivity contribution in [2.45, 2.75) is 70.6 Å². The summed E-state index contributed by atoms with van der Waals surface area (Å²) < 4.78 is 0. The van der Waals surface area contributed by atoms with Crippen LogP contribution in [0.4, 0.5) is 0 Å². The van der Waals surface area contributed by atoms with Crippen LogP contribution in [0.1, 0.15) is 70.6 Å². The Bertz CT molecular complexity index is 263. The molecule has 1 aliphatic rings. The van der Waals surface area contributed by atoms with Crippen molar-refractivity contribution in [3.63, 3.8) is 0 Å². The zero-order chi connectivity index (χ0) is 13.2. The minimum atomic E-state index is -0.255. The van der Waals surface area contributed by atoms with E-state index in [4.69, 9.17) is 11.6 Å². The standard InChI is InChI=1S/C15H25ClO2/c16-12-8-4-2-1-3-5-10-14(17)13-9-6-7-11-15(13)18/h13H,1-12H2. The number of hydrogen-bond acceptors (Lipinski definition) is 2. The van der Waals surface area contributed by atoms with E-state index in [1.165, 1.54) is 19.3 Å². The first-order valence-corrected chi connectivity index (χ1v) is 7.90. The molecule has 1 atom stereocenters. The number of carbonyl (C=O) groups is 2. The second kappa shape index (κ2) is 9.55. The first kappa shape index (κ1) is 15.7. The van der Waals surface area contributed by atoms with Gasteiger partial charge in [0.25, 0.3) is 0 Å². The summed E-state index contributed by atoms with van der Waals surface area (Å²) in [6.07, 6.45) is 10.8. The van der Waals surface area contributed by atoms with Crippen LogP contribution in [-0.2, 0) is 9.59 Å². The van der Waals surface area contributed by atoms with Crippen molar-refractivity contribution in [1.29, 1.82) is 0 Å². The normalized spacial score (nSPS) is 20.1. The van der Waals surface area contributed by atoms with Crippen molar-refractivity contribution in [2.24, 2.45) is 5.92 Å². The maximum atomic E-state index is 11.9. The number of halogens is 1. The Morgan fingerprint density at radius 1 is 1.06 bits per heavy atom. The van der Waals surface area contributed by atoms with Gasteiger partial charge in [-0.05, 0) is 25.7 Å². The fourth-order valence-corrected chi connectivity index (χ4v) is 2.79. The molecule has 3 heteroatoms. The Morgan fingerprint density at radius 2 is 1.72 bits per heavy atom. The van der Waals surface area contributed by atoms with Gasteiger partial charge in [-0.2, -0.15) is 0 Å². The number of Topliss-reactive ketones (excluding diaryl/α,β-unsaturated/α-hetero) is 2. The van der Waals surface area contributed by atoms with Crippen LogP contribution in [0.15, 0.2) is 0 Å². The molecule has 0 aliphatic heterocycles. The zero-order valence-electron chi connectivity index (χ0n) is 11.3. The summed E-state index contributed by atoms with van der Waals surface area (Å²) >= 11 is 5.61. The maximum Gasteiger partial charge on any atom is 0.143 e. The van der Waals surface area contributed by atoms with Crippen LogP contribution in [0.25, 0.3) is 0 Å². The van der Waals surface area contributed by atoms with E-state index in [0.29, 0.717) is 12.8 Å². The van der Waals surface area contributed by atoms with Crippen molar-refractivity contribution in [3.8, 4) is 0 Å². The van der Waals surface area contributed by atoms with Crippen LogP contribution >= 0.6 is 11.6 Å². The third-order valence-corrected chi connectivity index (χ3v) is 4.02. The first-order chi connectivity index (χ1) is 8.75. The quantitative estimate of drug-likeness (QED) is 0.357. The van der Waals surface area contributed by atoms with Gasteiger partial charge in [0.15, 0.2) is 0 Å². The highest BCUT2D eigenvalue weighted by Crippen LogP contribution is 2.23. The van der Waals surface area contributed by atoms with Crippen LogP contribution < -0.4 is 0 Å². The second-order valence-corrected chi connectivity index (χ2v) is 5.67. The summed E-state index contributed by atoms with van der Waals surface area (Å²) in [7, 11) is 0. The number of alkyl halides is 1. The fourth-order valence-electron chi connectivity index (χ4n) is 2.60. The molecule has 0 aromatic heterocycles. The Morgan fingerprint density at radius 3 is 2.39 bits per heavy atom. The van der Waals surface area contributed by atoms with Crippen molar-refractivity contribution in [2.75, 3.05) is 5.88 Å². The number of hydrogen-bond donors (Lipinski definition) is 0. The molecule has 0 aromatic carbocycles. The molecule has 1 fully saturated rings. The summed E-state index contributed by atoms with van der Waals surface area (Å²) in [5.41, 5.74) is 0. The lowest BCUT2D eigenvalue weighted by molar-refractivity contribution is -0.134. The van der Waals surface area contributed by atoms with Gasteiger partial charge in [0.2, 0.25) is 0 Å². The fraction of sp³-hybridized carbons (Fsp3) is 0.867. The topological polar surface area (TPSA) is 34.1 Å². The third-order valence-electron chi connectivity index (χ3n) is 3.75. The Balaban J connectivity index is 2.04.